The second kappa shape index (κ2) is 12.1. The molecule has 0 saturated heterocycles. The van der Waals surface area contributed by atoms with Gasteiger partial charge in [0.05, 0.1) is 12.3 Å². The quantitative estimate of drug-likeness (QED) is 0.362. The molecule has 1 atom stereocenters. The zero-order valence-corrected chi connectivity index (χ0v) is 16.8. The Hall–Kier alpha value is -2.34. The lowest BCUT2D eigenvalue weighted by molar-refractivity contribution is 0.0646. The number of rotatable bonds is 11. The van der Waals surface area contributed by atoms with Gasteiger partial charge in [0.2, 0.25) is 0 Å². The van der Waals surface area contributed by atoms with Gasteiger partial charge in [-0.3, -0.25) is 9.67 Å². The average Bonchev–Trinajstić information content (AvgIpc) is 3.10. The highest BCUT2D eigenvalue weighted by Gasteiger charge is 2.04. The van der Waals surface area contributed by atoms with E-state index < -0.39 is 0 Å². The standard InChI is InChI=1S/C21H33N5O/c1-4-22-21(23-13-8-10-19-16-25-26(3)17-19)24-14-9-15-27-18(2)20-11-6-5-7-12-20/h5-7,11-12,16-18H,4,8-10,13-15H2,1-3H3,(H2,22,23,24). The van der Waals surface area contributed by atoms with Crippen LogP contribution in [0.5, 0.6) is 0 Å². The van der Waals surface area contributed by atoms with Gasteiger partial charge in [-0.25, -0.2) is 0 Å². The molecular formula is C21H33N5O. The molecule has 6 heteroatoms. The molecule has 0 radical (unpaired) electrons. The van der Waals surface area contributed by atoms with Crippen LogP contribution in [0.3, 0.4) is 0 Å². The van der Waals surface area contributed by atoms with E-state index in [-0.39, 0.29) is 6.10 Å². The third kappa shape index (κ3) is 8.26. The van der Waals surface area contributed by atoms with Crippen molar-refractivity contribution in [3.63, 3.8) is 0 Å². The fraction of sp³-hybridized carbons (Fsp3) is 0.524. The molecule has 0 amide bonds. The van der Waals surface area contributed by atoms with Crippen molar-refractivity contribution in [1.29, 1.82) is 0 Å². The molecule has 0 spiro atoms. The molecule has 2 aromatic rings. The van der Waals surface area contributed by atoms with Crippen molar-refractivity contribution in [2.24, 2.45) is 12.0 Å². The number of aliphatic imine (C=N–C) groups is 1. The van der Waals surface area contributed by atoms with Crippen molar-refractivity contribution in [3.8, 4) is 0 Å². The minimum Gasteiger partial charge on any atom is -0.374 e. The Morgan fingerprint density at radius 1 is 1.22 bits per heavy atom. The maximum Gasteiger partial charge on any atom is 0.191 e. The minimum absolute atomic E-state index is 0.126. The minimum atomic E-state index is 0.126. The number of guanidine groups is 1. The van der Waals surface area contributed by atoms with E-state index in [2.05, 4.69) is 52.9 Å². The molecule has 1 aromatic carbocycles. The molecule has 1 heterocycles. The van der Waals surface area contributed by atoms with Crippen molar-refractivity contribution < 1.29 is 4.74 Å². The first-order valence-electron chi connectivity index (χ1n) is 9.85. The number of aromatic nitrogens is 2. The Kier molecular flexibility index (Phi) is 9.41. The fourth-order valence-corrected chi connectivity index (χ4v) is 2.78. The van der Waals surface area contributed by atoms with E-state index in [1.54, 1.807) is 0 Å². The molecule has 2 rings (SSSR count). The monoisotopic (exact) mass is 371 g/mol. The summed E-state index contributed by atoms with van der Waals surface area (Å²) in [7, 11) is 1.94. The highest BCUT2D eigenvalue weighted by molar-refractivity contribution is 5.79. The van der Waals surface area contributed by atoms with Gasteiger partial charge >= 0.3 is 0 Å². The van der Waals surface area contributed by atoms with Crippen LogP contribution in [0.4, 0.5) is 0 Å². The van der Waals surface area contributed by atoms with Gasteiger partial charge in [0.25, 0.3) is 0 Å². The molecule has 0 aliphatic rings. The number of ether oxygens (including phenoxy) is 1. The predicted molar refractivity (Wildman–Crippen MR) is 111 cm³/mol. The van der Waals surface area contributed by atoms with Crippen molar-refractivity contribution >= 4 is 5.96 Å². The number of hydrogen-bond donors (Lipinski definition) is 2. The second-order valence-corrected chi connectivity index (χ2v) is 6.59. The van der Waals surface area contributed by atoms with Crippen LogP contribution < -0.4 is 10.6 Å². The molecule has 1 aromatic heterocycles. The lowest BCUT2D eigenvalue weighted by atomic mass is 10.1. The van der Waals surface area contributed by atoms with Gasteiger partial charge in [-0.1, -0.05) is 30.3 Å². The van der Waals surface area contributed by atoms with Gasteiger partial charge in [0.1, 0.15) is 0 Å². The second-order valence-electron chi connectivity index (χ2n) is 6.59. The van der Waals surface area contributed by atoms with Gasteiger partial charge in [0, 0.05) is 39.5 Å². The summed E-state index contributed by atoms with van der Waals surface area (Å²) < 4.78 is 7.75. The third-order valence-corrected chi connectivity index (χ3v) is 4.25. The van der Waals surface area contributed by atoms with Crippen LogP contribution in [0, 0.1) is 0 Å². The summed E-state index contributed by atoms with van der Waals surface area (Å²) in [4.78, 5) is 4.64. The zero-order chi connectivity index (χ0) is 19.3. The van der Waals surface area contributed by atoms with E-state index in [1.807, 2.05) is 36.1 Å². The van der Waals surface area contributed by atoms with E-state index in [9.17, 15) is 0 Å². The Morgan fingerprint density at radius 2 is 2.04 bits per heavy atom. The van der Waals surface area contributed by atoms with Crippen molar-refractivity contribution in [3.05, 3.63) is 53.9 Å². The first-order valence-corrected chi connectivity index (χ1v) is 9.85. The summed E-state index contributed by atoms with van der Waals surface area (Å²) in [6.07, 6.45) is 7.06. The maximum absolute atomic E-state index is 5.91. The number of benzene rings is 1. The van der Waals surface area contributed by atoms with Crippen molar-refractivity contribution in [2.75, 3.05) is 26.2 Å². The largest absolute Gasteiger partial charge is 0.374 e. The van der Waals surface area contributed by atoms with Crippen molar-refractivity contribution in [1.82, 2.24) is 20.4 Å². The summed E-state index contributed by atoms with van der Waals surface area (Å²) in [6, 6.07) is 10.3. The van der Waals surface area contributed by atoms with Gasteiger partial charge in [-0.05, 0) is 44.2 Å². The Morgan fingerprint density at radius 3 is 2.74 bits per heavy atom. The van der Waals surface area contributed by atoms with E-state index in [0.29, 0.717) is 0 Å². The number of aryl methyl sites for hydroxylation is 2. The number of nitrogens with zero attached hydrogens (tertiary/aromatic N) is 3. The number of hydrogen-bond acceptors (Lipinski definition) is 3. The van der Waals surface area contributed by atoms with Crippen LogP contribution in [0.15, 0.2) is 47.7 Å². The maximum atomic E-state index is 5.91. The Bertz CT molecular complexity index is 668. The van der Waals surface area contributed by atoms with Gasteiger partial charge in [-0.2, -0.15) is 5.10 Å². The van der Waals surface area contributed by atoms with Crippen LogP contribution in [-0.4, -0.2) is 42.0 Å². The topological polar surface area (TPSA) is 63.5 Å². The summed E-state index contributed by atoms with van der Waals surface area (Å²) in [5, 5.41) is 10.9. The molecule has 1 unspecified atom stereocenters. The normalized spacial score (nSPS) is 12.8. The molecule has 6 nitrogen and oxygen atoms in total. The van der Waals surface area contributed by atoms with Gasteiger partial charge < -0.3 is 15.4 Å². The van der Waals surface area contributed by atoms with E-state index in [1.165, 1.54) is 11.1 Å². The number of nitrogens with one attached hydrogen (secondary N) is 2. The summed E-state index contributed by atoms with van der Waals surface area (Å²) >= 11 is 0. The lowest BCUT2D eigenvalue weighted by Gasteiger charge is -2.14. The zero-order valence-electron chi connectivity index (χ0n) is 16.8. The van der Waals surface area contributed by atoms with E-state index >= 15 is 0 Å². The highest BCUT2D eigenvalue weighted by Crippen LogP contribution is 2.15. The summed E-state index contributed by atoms with van der Waals surface area (Å²) in [5.74, 6) is 0.875. The van der Waals surface area contributed by atoms with Gasteiger partial charge in [-0.15, -0.1) is 0 Å². The molecular weight excluding hydrogens is 338 g/mol. The average molecular weight is 372 g/mol. The predicted octanol–water partition coefficient (Wildman–Crippen LogP) is 3.08. The molecule has 148 valence electrons. The third-order valence-electron chi connectivity index (χ3n) is 4.25. The fourth-order valence-electron chi connectivity index (χ4n) is 2.78. The van der Waals surface area contributed by atoms with Crippen LogP contribution in [-0.2, 0) is 18.2 Å². The first kappa shape index (κ1) is 21.0. The molecule has 0 saturated carbocycles. The Balaban J connectivity index is 1.61. The smallest absolute Gasteiger partial charge is 0.191 e. The summed E-state index contributed by atoms with van der Waals surface area (Å²) in [5.41, 5.74) is 2.48. The molecule has 0 fully saturated rings. The van der Waals surface area contributed by atoms with Crippen LogP contribution >= 0.6 is 0 Å². The van der Waals surface area contributed by atoms with Crippen LogP contribution in [0.25, 0.3) is 0 Å². The molecule has 0 bridgehead atoms. The van der Waals surface area contributed by atoms with E-state index in [0.717, 1.165) is 51.5 Å². The molecule has 0 aliphatic heterocycles. The molecule has 2 N–H and O–H groups in total. The van der Waals surface area contributed by atoms with Crippen molar-refractivity contribution in [2.45, 2.75) is 39.2 Å². The van der Waals surface area contributed by atoms with E-state index in [4.69, 9.17) is 4.74 Å². The Labute approximate surface area is 163 Å². The highest BCUT2D eigenvalue weighted by atomic mass is 16.5. The SMILES string of the molecule is CCNC(=NCCCc1cnn(C)c1)NCCCOC(C)c1ccccc1. The first-order chi connectivity index (χ1) is 13.2. The lowest BCUT2D eigenvalue weighted by Crippen LogP contribution is -2.38. The van der Waals surface area contributed by atoms with Crippen LogP contribution in [0.1, 0.15) is 43.9 Å². The summed E-state index contributed by atoms with van der Waals surface area (Å²) in [6.45, 7) is 7.40. The molecule has 27 heavy (non-hydrogen) atoms. The molecule has 0 aliphatic carbocycles. The van der Waals surface area contributed by atoms with Gasteiger partial charge in [0.15, 0.2) is 5.96 Å². The van der Waals surface area contributed by atoms with Crippen LogP contribution in [0.2, 0.25) is 0 Å².